The third-order valence-corrected chi connectivity index (χ3v) is 6.28. The average Bonchev–Trinajstić information content (AvgIpc) is 3.30. The summed E-state index contributed by atoms with van der Waals surface area (Å²) in [5.74, 6) is -5.83. The summed E-state index contributed by atoms with van der Waals surface area (Å²) in [5.41, 5.74) is 6.86. The monoisotopic (exact) mass is 492 g/mol. The van der Waals surface area contributed by atoms with E-state index in [0.29, 0.717) is 23.1 Å². The van der Waals surface area contributed by atoms with Gasteiger partial charge in [0.2, 0.25) is 11.8 Å². The number of likely N-dealkylation sites (tertiary alicyclic amines) is 1. The first-order chi connectivity index (χ1) is 16.6. The molecule has 0 unspecified atom stereocenters. The number of ether oxygens (including phenoxy) is 1. The van der Waals surface area contributed by atoms with Crippen molar-refractivity contribution >= 4 is 22.5 Å². The van der Waals surface area contributed by atoms with Crippen molar-refractivity contribution in [2.24, 2.45) is 0 Å². The fourth-order valence-corrected chi connectivity index (χ4v) is 4.78. The van der Waals surface area contributed by atoms with Crippen LogP contribution in [0.5, 0.6) is 5.88 Å². The minimum Gasteiger partial charge on any atom is -0.479 e. The Balaban J connectivity index is 1.79. The van der Waals surface area contributed by atoms with Crippen molar-refractivity contribution < 1.29 is 22.3 Å². The van der Waals surface area contributed by atoms with E-state index in [2.05, 4.69) is 20.4 Å². The molecule has 1 aliphatic rings. The summed E-state index contributed by atoms with van der Waals surface area (Å²) in [6.07, 6.45) is -1.17. The van der Waals surface area contributed by atoms with Crippen LogP contribution in [0.3, 0.4) is 0 Å². The number of methoxy groups -OCH3 is 1. The lowest BCUT2D eigenvalue weighted by Gasteiger charge is -2.36. The zero-order valence-electron chi connectivity index (χ0n) is 19.3. The number of anilines is 1. The molecular formula is C22H24F4N8O. The van der Waals surface area contributed by atoms with E-state index in [0.717, 1.165) is 4.52 Å². The van der Waals surface area contributed by atoms with Crippen LogP contribution in [-0.4, -0.2) is 73.8 Å². The normalized spacial score (nSPS) is 19.5. The van der Waals surface area contributed by atoms with Crippen molar-refractivity contribution in [2.75, 3.05) is 33.0 Å². The Morgan fingerprint density at radius 2 is 2.09 bits per heavy atom. The van der Waals surface area contributed by atoms with Gasteiger partial charge in [-0.25, -0.2) is 26.8 Å². The van der Waals surface area contributed by atoms with Crippen molar-refractivity contribution in [3.05, 3.63) is 29.7 Å². The summed E-state index contributed by atoms with van der Waals surface area (Å²) >= 11 is 0. The number of nitrogen functional groups attached to an aromatic ring is 1. The zero-order chi connectivity index (χ0) is 25.1. The molecule has 0 spiro atoms. The topological polar surface area (TPSA) is 99.4 Å². The second-order valence-corrected chi connectivity index (χ2v) is 8.91. The van der Waals surface area contributed by atoms with E-state index in [9.17, 15) is 4.39 Å². The van der Waals surface area contributed by atoms with Crippen molar-refractivity contribution in [2.45, 2.75) is 37.9 Å². The number of hydrogen-bond donors (Lipinski definition) is 1. The van der Waals surface area contributed by atoms with Gasteiger partial charge in [-0.1, -0.05) is 11.3 Å². The molecule has 4 heterocycles. The standard InChI is InChI=1S/C22H24F4N8O/c1-11(23)9-33-15-8-12(4-5-14(15)29-31-33)16-17(24)18(13-6-7-32(2)10-22(13,25)26)34-19(16)20(35-3)28-21(27)30-34/h4-5,8,11,13H,6-7,9-10H2,1-3H3,(H2,27,30)/t11-,13+/m0/s1. The molecule has 2 atom stereocenters. The van der Waals surface area contributed by atoms with Gasteiger partial charge in [-0.3, -0.25) is 0 Å². The Labute approximate surface area is 197 Å². The van der Waals surface area contributed by atoms with E-state index >= 15 is 13.2 Å². The molecule has 9 nitrogen and oxygen atoms in total. The van der Waals surface area contributed by atoms with Crippen molar-refractivity contribution in [3.63, 3.8) is 0 Å². The van der Waals surface area contributed by atoms with E-state index in [1.165, 1.54) is 23.6 Å². The lowest BCUT2D eigenvalue weighted by Crippen LogP contribution is -2.46. The predicted molar refractivity (Wildman–Crippen MR) is 121 cm³/mol. The molecule has 35 heavy (non-hydrogen) atoms. The number of nitrogens with zero attached hydrogens (tertiary/aromatic N) is 7. The van der Waals surface area contributed by atoms with Gasteiger partial charge in [-0.2, -0.15) is 4.98 Å². The first kappa shape index (κ1) is 23.3. The number of alkyl halides is 3. The highest BCUT2D eigenvalue weighted by atomic mass is 19.3. The minimum atomic E-state index is -3.21. The van der Waals surface area contributed by atoms with Gasteiger partial charge in [0.05, 0.1) is 42.9 Å². The molecule has 0 saturated carbocycles. The smallest absolute Gasteiger partial charge is 0.268 e. The number of piperidine rings is 1. The van der Waals surface area contributed by atoms with Crippen LogP contribution < -0.4 is 10.5 Å². The van der Waals surface area contributed by atoms with Crippen LogP contribution >= 0.6 is 0 Å². The van der Waals surface area contributed by atoms with Gasteiger partial charge in [-0.15, -0.1) is 10.2 Å². The van der Waals surface area contributed by atoms with E-state index in [4.69, 9.17) is 10.5 Å². The number of halogens is 4. The number of nitrogens with two attached hydrogens (primary N) is 1. The molecule has 0 aliphatic carbocycles. The highest BCUT2D eigenvalue weighted by molar-refractivity contribution is 5.90. The molecule has 186 valence electrons. The molecule has 1 saturated heterocycles. The maximum atomic E-state index is 16.3. The van der Waals surface area contributed by atoms with Gasteiger partial charge in [0.25, 0.3) is 5.92 Å². The van der Waals surface area contributed by atoms with Gasteiger partial charge in [-0.05, 0) is 44.6 Å². The SMILES string of the molecule is COc1nc(N)nn2c([C@H]3CCN(C)CC3(F)F)c(F)c(-c3ccc4nnn(C[C@H](C)F)c4c3)c12. The molecule has 0 bridgehead atoms. The van der Waals surface area contributed by atoms with Crippen LogP contribution in [0.4, 0.5) is 23.5 Å². The highest BCUT2D eigenvalue weighted by Crippen LogP contribution is 2.46. The summed E-state index contributed by atoms with van der Waals surface area (Å²) in [6.45, 7) is 1.18. The van der Waals surface area contributed by atoms with E-state index < -0.39 is 30.4 Å². The maximum Gasteiger partial charge on any atom is 0.268 e. The summed E-state index contributed by atoms with van der Waals surface area (Å²) < 4.78 is 68.1. The van der Waals surface area contributed by atoms with E-state index in [1.54, 1.807) is 25.2 Å². The lowest BCUT2D eigenvalue weighted by molar-refractivity contribution is -0.0788. The highest BCUT2D eigenvalue weighted by Gasteiger charge is 2.48. The van der Waals surface area contributed by atoms with Crippen molar-refractivity contribution in [1.82, 2.24) is 34.5 Å². The van der Waals surface area contributed by atoms with E-state index in [1.807, 2.05) is 0 Å². The minimum absolute atomic E-state index is 0.0162. The maximum absolute atomic E-state index is 16.3. The van der Waals surface area contributed by atoms with Gasteiger partial charge in [0, 0.05) is 0 Å². The largest absolute Gasteiger partial charge is 0.479 e. The fraction of sp³-hybridized carbons (Fsp3) is 0.455. The van der Waals surface area contributed by atoms with Crippen molar-refractivity contribution in [3.8, 4) is 17.0 Å². The van der Waals surface area contributed by atoms with Crippen LogP contribution in [0.1, 0.15) is 25.0 Å². The molecule has 3 aromatic heterocycles. The van der Waals surface area contributed by atoms with Crippen LogP contribution in [0, 0.1) is 5.82 Å². The molecule has 4 aromatic rings. The summed E-state index contributed by atoms with van der Waals surface area (Å²) in [7, 11) is 2.92. The van der Waals surface area contributed by atoms with Crippen LogP contribution in [0.15, 0.2) is 18.2 Å². The van der Waals surface area contributed by atoms with Crippen LogP contribution in [0.25, 0.3) is 27.7 Å². The van der Waals surface area contributed by atoms with Crippen LogP contribution in [0.2, 0.25) is 0 Å². The predicted octanol–water partition coefficient (Wildman–Crippen LogP) is 3.28. The molecule has 2 N–H and O–H groups in total. The van der Waals surface area contributed by atoms with Gasteiger partial charge in [0.15, 0.2) is 5.82 Å². The Morgan fingerprint density at radius 3 is 2.77 bits per heavy atom. The van der Waals surface area contributed by atoms with Crippen molar-refractivity contribution in [1.29, 1.82) is 0 Å². The average molecular weight is 492 g/mol. The molecular weight excluding hydrogens is 468 g/mol. The Kier molecular flexibility index (Phi) is 5.54. The first-order valence-electron chi connectivity index (χ1n) is 11.1. The van der Waals surface area contributed by atoms with Gasteiger partial charge >= 0.3 is 0 Å². The molecule has 0 amide bonds. The zero-order valence-corrected chi connectivity index (χ0v) is 19.3. The molecule has 5 rings (SSSR count). The third-order valence-electron chi connectivity index (χ3n) is 6.28. The second kappa shape index (κ2) is 8.33. The molecule has 13 heteroatoms. The number of benzene rings is 1. The Bertz CT molecular complexity index is 1420. The summed E-state index contributed by atoms with van der Waals surface area (Å²) in [6, 6.07) is 4.78. The number of rotatable bonds is 5. The molecule has 1 aromatic carbocycles. The third kappa shape index (κ3) is 3.83. The second-order valence-electron chi connectivity index (χ2n) is 8.91. The molecule has 0 radical (unpaired) electrons. The lowest BCUT2D eigenvalue weighted by atomic mass is 9.89. The quantitative estimate of drug-likeness (QED) is 0.427. The Hall–Kier alpha value is -3.48. The van der Waals surface area contributed by atoms with Gasteiger partial charge < -0.3 is 15.4 Å². The molecule has 1 fully saturated rings. The summed E-state index contributed by atoms with van der Waals surface area (Å²) in [4.78, 5) is 5.55. The molecule has 1 aliphatic heterocycles. The number of aromatic nitrogens is 6. The fourth-order valence-electron chi connectivity index (χ4n) is 4.78. The van der Waals surface area contributed by atoms with Gasteiger partial charge in [0.1, 0.15) is 17.2 Å². The Morgan fingerprint density at radius 1 is 1.31 bits per heavy atom. The number of hydrogen-bond acceptors (Lipinski definition) is 7. The number of fused-ring (bicyclic) bond motifs is 2. The van der Waals surface area contributed by atoms with E-state index in [-0.39, 0.29) is 41.6 Å². The summed E-state index contributed by atoms with van der Waals surface area (Å²) in [5, 5.41) is 12.1. The first-order valence-corrected chi connectivity index (χ1v) is 11.1. The van der Waals surface area contributed by atoms with Crippen LogP contribution in [-0.2, 0) is 6.54 Å².